The largest absolute Gasteiger partial charge is 0.348 e. The molecule has 0 aliphatic heterocycles. The van der Waals surface area contributed by atoms with Crippen molar-refractivity contribution >= 4 is 21.6 Å². The van der Waals surface area contributed by atoms with Gasteiger partial charge in [-0.05, 0) is 25.5 Å². The lowest BCUT2D eigenvalue weighted by atomic mass is 10.1. The van der Waals surface area contributed by atoms with E-state index in [1.54, 1.807) is 42.2 Å². The molecule has 2 rings (SSSR count). The molecule has 8 nitrogen and oxygen atoms in total. The molecule has 0 radical (unpaired) electrons. The molecule has 9 heteroatoms. The molecule has 0 aliphatic carbocycles. The molecule has 2 aromatic rings. The molecular weight excluding hydrogens is 330 g/mol. The van der Waals surface area contributed by atoms with Gasteiger partial charge in [-0.1, -0.05) is 19.1 Å². The number of anilines is 1. The van der Waals surface area contributed by atoms with Crippen LogP contribution in [0.15, 0.2) is 36.9 Å². The molecule has 0 spiro atoms. The summed E-state index contributed by atoms with van der Waals surface area (Å²) in [6, 6.07) is 6.33. The van der Waals surface area contributed by atoms with Gasteiger partial charge in [0.05, 0.1) is 23.5 Å². The fraction of sp³-hybridized carbons (Fsp3) is 0.400. The number of benzene rings is 1. The van der Waals surface area contributed by atoms with Crippen LogP contribution in [0.5, 0.6) is 0 Å². The monoisotopic (exact) mass is 351 g/mol. The number of nitrogens with zero attached hydrogens (tertiary/aromatic N) is 3. The zero-order valence-corrected chi connectivity index (χ0v) is 14.5. The zero-order chi connectivity index (χ0) is 17.6. The Morgan fingerprint density at radius 2 is 2.08 bits per heavy atom. The number of sulfonamides is 1. The maximum Gasteiger partial charge on any atom is 0.253 e. The van der Waals surface area contributed by atoms with Crippen molar-refractivity contribution in [3.8, 4) is 0 Å². The number of aromatic nitrogens is 3. The smallest absolute Gasteiger partial charge is 0.253 e. The lowest BCUT2D eigenvalue weighted by Gasteiger charge is -2.16. The van der Waals surface area contributed by atoms with Crippen molar-refractivity contribution in [2.75, 3.05) is 10.5 Å². The standard InChI is InChI=1S/C15H21N5O3S/c1-3-8-24(22,23)19-14-7-5-4-6-13(14)15(21)18-12(2)9-20-11-16-10-17-20/h4-7,10-12,19H,3,8-9H2,1-2H3,(H,18,21). The SMILES string of the molecule is CCCS(=O)(=O)Nc1ccccc1C(=O)NC(C)Cn1cncn1. The van der Waals surface area contributed by atoms with E-state index in [9.17, 15) is 13.2 Å². The zero-order valence-electron chi connectivity index (χ0n) is 13.6. The number of hydrogen-bond acceptors (Lipinski definition) is 5. The van der Waals surface area contributed by atoms with Crippen molar-refractivity contribution in [3.05, 3.63) is 42.5 Å². The van der Waals surface area contributed by atoms with Gasteiger partial charge in [0.1, 0.15) is 12.7 Å². The van der Waals surface area contributed by atoms with Crippen LogP contribution in [-0.2, 0) is 16.6 Å². The first kappa shape index (κ1) is 17.9. The second-order valence-corrected chi connectivity index (χ2v) is 7.30. The molecule has 0 saturated carbocycles. The number of nitrogens with one attached hydrogen (secondary N) is 2. The summed E-state index contributed by atoms with van der Waals surface area (Å²) in [6.07, 6.45) is 3.49. The first-order valence-electron chi connectivity index (χ1n) is 7.64. The van der Waals surface area contributed by atoms with Gasteiger partial charge in [-0.2, -0.15) is 5.10 Å². The first-order chi connectivity index (χ1) is 11.4. The van der Waals surface area contributed by atoms with E-state index < -0.39 is 10.0 Å². The molecule has 0 fully saturated rings. The van der Waals surface area contributed by atoms with E-state index >= 15 is 0 Å². The predicted molar refractivity (Wildman–Crippen MR) is 91.1 cm³/mol. The number of amides is 1. The van der Waals surface area contributed by atoms with E-state index in [2.05, 4.69) is 20.1 Å². The van der Waals surface area contributed by atoms with Crippen molar-refractivity contribution in [2.45, 2.75) is 32.9 Å². The summed E-state index contributed by atoms with van der Waals surface area (Å²) >= 11 is 0. The van der Waals surface area contributed by atoms with E-state index in [4.69, 9.17) is 0 Å². The Hall–Kier alpha value is -2.42. The highest BCUT2D eigenvalue weighted by Gasteiger charge is 2.17. The molecule has 1 aromatic heterocycles. The van der Waals surface area contributed by atoms with Crippen LogP contribution in [0.3, 0.4) is 0 Å². The number of rotatable bonds is 8. The van der Waals surface area contributed by atoms with Gasteiger partial charge in [0, 0.05) is 6.04 Å². The minimum Gasteiger partial charge on any atom is -0.348 e. The number of hydrogen-bond donors (Lipinski definition) is 2. The van der Waals surface area contributed by atoms with Gasteiger partial charge in [0.25, 0.3) is 5.91 Å². The van der Waals surface area contributed by atoms with E-state index in [0.717, 1.165) is 0 Å². The molecule has 1 heterocycles. The Morgan fingerprint density at radius 1 is 1.33 bits per heavy atom. The second kappa shape index (κ2) is 7.91. The highest BCUT2D eigenvalue weighted by molar-refractivity contribution is 7.92. The van der Waals surface area contributed by atoms with Crippen LogP contribution in [0.4, 0.5) is 5.69 Å². The van der Waals surface area contributed by atoms with Crippen LogP contribution >= 0.6 is 0 Å². The minimum atomic E-state index is -3.46. The normalized spacial score (nSPS) is 12.6. The highest BCUT2D eigenvalue weighted by Crippen LogP contribution is 2.17. The maximum absolute atomic E-state index is 12.5. The Morgan fingerprint density at radius 3 is 2.75 bits per heavy atom. The molecule has 130 valence electrons. The number of para-hydroxylation sites is 1. The van der Waals surface area contributed by atoms with Crippen LogP contribution in [0.2, 0.25) is 0 Å². The molecule has 0 aliphatic rings. The minimum absolute atomic E-state index is 0.00561. The highest BCUT2D eigenvalue weighted by atomic mass is 32.2. The lowest BCUT2D eigenvalue weighted by Crippen LogP contribution is -2.36. The molecule has 0 bridgehead atoms. The van der Waals surface area contributed by atoms with Gasteiger partial charge in [-0.25, -0.2) is 13.4 Å². The van der Waals surface area contributed by atoms with Gasteiger partial charge in [0.2, 0.25) is 10.0 Å². The Labute approximate surface area is 141 Å². The van der Waals surface area contributed by atoms with E-state index in [-0.39, 0.29) is 29.0 Å². The molecule has 0 saturated heterocycles. The molecule has 1 aromatic carbocycles. The molecule has 1 amide bonds. The summed E-state index contributed by atoms with van der Waals surface area (Å²) in [5.41, 5.74) is 0.555. The van der Waals surface area contributed by atoms with E-state index in [1.165, 1.54) is 6.33 Å². The van der Waals surface area contributed by atoms with E-state index in [1.807, 2.05) is 6.92 Å². The molecular formula is C15H21N5O3S. The third kappa shape index (κ3) is 5.05. The van der Waals surface area contributed by atoms with Crippen LogP contribution in [0.25, 0.3) is 0 Å². The van der Waals surface area contributed by atoms with Crippen LogP contribution in [0, 0.1) is 0 Å². The van der Waals surface area contributed by atoms with Crippen molar-refractivity contribution in [3.63, 3.8) is 0 Å². The average Bonchev–Trinajstić information content (AvgIpc) is 2.99. The quantitative estimate of drug-likeness (QED) is 0.744. The van der Waals surface area contributed by atoms with Crippen molar-refractivity contribution < 1.29 is 13.2 Å². The summed E-state index contributed by atoms with van der Waals surface area (Å²) < 4.78 is 28.0. The fourth-order valence-corrected chi connectivity index (χ4v) is 3.36. The average molecular weight is 351 g/mol. The Bertz CT molecular complexity index is 774. The Balaban J connectivity index is 2.09. The fourth-order valence-electron chi connectivity index (χ4n) is 2.21. The van der Waals surface area contributed by atoms with Crippen LogP contribution in [0.1, 0.15) is 30.6 Å². The van der Waals surface area contributed by atoms with Crippen molar-refractivity contribution in [1.29, 1.82) is 0 Å². The molecule has 1 unspecified atom stereocenters. The topological polar surface area (TPSA) is 106 Å². The maximum atomic E-state index is 12.5. The van der Waals surface area contributed by atoms with E-state index in [0.29, 0.717) is 13.0 Å². The lowest BCUT2D eigenvalue weighted by molar-refractivity contribution is 0.0937. The summed E-state index contributed by atoms with van der Waals surface area (Å²) in [4.78, 5) is 16.3. The predicted octanol–water partition coefficient (Wildman–Crippen LogP) is 1.25. The van der Waals surface area contributed by atoms with Gasteiger partial charge in [-0.3, -0.25) is 14.2 Å². The summed E-state index contributed by atoms with van der Waals surface area (Å²) in [7, 11) is -3.46. The summed E-state index contributed by atoms with van der Waals surface area (Å²) in [5, 5.41) is 6.82. The van der Waals surface area contributed by atoms with Gasteiger partial charge >= 0.3 is 0 Å². The summed E-state index contributed by atoms with van der Waals surface area (Å²) in [5.74, 6) is -0.344. The number of carbonyl (C=O) groups excluding carboxylic acids is 1. The van der Waals surface area contributed by atoms with Crippen LogP contribution < -0.4 is 10.0 Å². The number of carbonyl (C=O) groups is 1. The van der Waals surface area contributed by atoms with Crippen LogP contribution in [-0.4, -0.2) is 40.9 Å². The molecule has 24 heavy (non-hydrogen) atoms. The van der Waals surface area contributed by atoms with Crippen molar-refractivity contribution in [2.24, 2.45) is 0 Å². The van der Waals surface area contributed by atoms with Gasteiger partial charge in [0.15, 0.2) is 0 Å². The first-order valence-corrected chi connectivity index (χ1v) is 9.29. The van der Waals surface area contributed by atoms with Gasteiger partial charge in [-0.15, -0.1) is 0 Å². The molecule has 1 atom stereocenters. The third-order valence-electron chi connectivity index (χ3n) is 3.21. The second-order valence-electron chi connectivity index (χ2n) is 5.46. The Kier molecular flexibility index (Phi) is 5.91. The third-order valence-corrected chi connectivity index (χ3v) is 4.69. The molecule has 2 N–H and O–H groups in total. The van der Waals surface area contributed by atoms with Gasteiger partial charge < -0.3 is 5.32 Å². The summed E-state index contributed by atoms with van der Waals surface area (Å²) in [6.45, 7) is 4.09. The van der Waals surface area contributed by atoms with Crippen molar-refractivity contribution in [1.82, 2.24) is 20.1 Å².